The van der Waals surface area contributed by atoms with E-state index in [1.54, 1.807) is 18.2 Å². The van der Waals surface area contributed by atoms with Gasteiger partial charge in [0.1, 0.15) is 5.75 Å². The monoisotopic (exact) mass is 389 g/mol. The van der Waals surface area contributed by atoms with Crippen molar-refractivity contribution in [2.24, 2.45) is 0 Å². The molecule has 1 N–H and O–H groups in total. The second kappa shape index (κ2) is 9.21. The van der Waals surface area contributed by atoms with Gasteiger partial charge in [-0.1, -0.05) is 24.3 Å². The number of hydrogen-bond donors (Lipinski definition) is 1. The van der Waals surface area contributed by atoms with Crippen molar-refractivity contribution < 1.29 is 13.2 Å². The highest BCUT2D eigenvalue weighted by atomic mass is 32.2. The Bertz CT molecular complexity index is 819. The Labute approximate surface area is 161 Å². The van der Waals surface area contributed by atoms with Gasteiger partial charge in [0.2, 0.25) is 10.0 Å². The Hall–Kier alpha value is -2.09. The van der Waals surface area contributed by atoms with Gasteiger partial charge in [-0.2, -0.15) is 0 Å². The Morgan fingerprint density at radius 3 is 2.44 bits per heavy atom. The summed E-state index contributed by atoms with van der Waals surface area (Å²) in [6.45, 7) is 5.32. The number of methoxy groups -OCH3 is 1. The minimum Gasteiger partial charge on any atom is -0.497 e. The van der Waals surface area contributed by atoms with Gasteiger partial charge in [-0.05, 0) is 37.2 Å². The van der Waals surface area contributed by atoms with E-state index >= 15 is 0 Å². The molecule has 1 heterocycles. The number of nitrogens with zero attached hydrogens (tertiary/aromatic N) is 2. The van der Waals surface area contributed by atoms with E-state index in [9.17, 15) is 8.42 Å². The van der Waals surface area contributed by atoms with Crippen molar-refractivity contribution in [3.05, 3.63) is 54.6 Å². The van der Waals surface area contributed by atoms with Gasteiger partial charge in [-0.15, -0.1) is 0 Å². The van der Waals surface area contributed by atoms with Crippen LogP contribution in [-0.2, 0) is 10.0 Å². The molecule has 0 radical (unpaired) electrons. The Kier molecular flexibility index (Phi) is 6.71. The minimum atomic E-state index is -3.50. The predicted octanol–water partition coefficient (Wildman–Crippen LogP) is 2.19. The van der Waals surface area contributed by atoms with Gasteiger partial charge in [0, 0.05) is 44.5 Å². The first-order chi connectivity index (χ1) is 13.1. The van der Waals surface area contributed by atoms with Crippen LogP contribution in [0.3, 0.4) is 0 Å². The number of anilines is 1. The number of nitrogens with one attached hydrogen (secondary N) is 1. The second-order valence-corrected chi connectivity index (χ2v) is 8.36. The zero-order valence-corrected chi connectivity index (χ0v) is 16.5. The van der Waals surface area contributed by atoms with Crippen molar-refractivity contribution in [2.75, 3.05) is 51.3 Å². The first-order valence-electron chi connectivity index (χ1n) is 9.24. The quantitative estimate of drug-likeness (QED) is 0.702. The molecule has 0 unspecified atom stereocenters. The van der Waals surface area contributed by atoms with Crippen molar-refractivity contribution in [3.8, 4) is 5.75 Å². The molecule has 6 nitrogen and oxygen atoms in total. The zero-order valence-electron chi connectivity index (χ0n) is 15.7. The molecular formula is C20H27N3O3S. The lowest BCUT2D eigenvalue weighted by molar-refractivity contribution is 0.255. The third kappa shape index (κ3) is 5.45. The van der Waals surface area contributed by atoms with E-state index in [-0.39, 0.29) is 4.90 Å². The number of ether oxygens (including phenoxy) is 1. The van der Waals surface area contributed by atoms with Gasteiger partial charge in [0.15, 0.2) is 0 Å². The summed E-state index contributed by atoms with van der Waals surface area (Å²) in [7, 11) is -1.97. The van der Waals surface area contributed by atoms with Gasteiger partial charge in [0.25, 0.3) is 0 Å². The van der Waals surface area contributed by atoms with E-state index in [2.05, 4.69) is 38.8 Å². The number of para-hydroxylation sites is 1. The molecule has 0 saturated carbocycles. The molecule has 0 aromatic heterocycles. The van der Waals surface area contributed by atoms with Gasteiger partial charge < -0.3 is 9.64 Å². The van der Waals surface area contributed by atoms with Gasteiger partial charge in [0.05, 0.1) is 12.0 Å². The maximum atomic E-state index is 12.4. The van der Waals surface area contributed by atoms with Crippen LogP contribution in [-0.4, -0.2) is 59.7 Å². The molecule has 0 atom stereocenters. The van der Waals surface area contributed by atoms with Gasteiger partial charge >= 0.3 is 0 Å². The molecule has 7 heteroatoms. The van der Waals surface area contributed by atoms with Crippen LogP contribution in [0.1, 0.15) is 6.42 Å². The minimum absolute atomic E-state index is 0.235. The number of hydrogen-bond acceptors (Lipinski definition) is 5. The van der Waals surface area contributed by atoms with Crippen LogP contribution in [0.25, 0.3) is 0 Å². The van der Waals surface area contributed by atoms with Gasteiger partial charge in [-0.3, -0.25) is 4.90 Å². The Morgan fingerprint density at radius 2 is 1.74 bits per heavy atom. The SMILES string of the molecule is COc1cccc(S(=O)(=O)NCCCN2CCN(c3ccccc3)CC2)c1. The van der Waals surface area contributed by atoms with Crippen LogP contribution >= 0.6 is 0 Å². The number of sulfonamides is 1. The van der Waals surface area contributed by atoms with Crippen molar-refractivity contribution >= 4 is 15.7 Å². The van der Waals surface area contributed by atoms with E-state index in [0.29, 0.717) is 12.3 Å². The van der Waals surface area contributed by atoms with E-state index in [4.69, 9.17) is 4.74 Å². The first kappa shape index (κ1) is 19.7. The summed E-state index contributed by atoms with van der Waals surface area (Å²) >= 11 is 0. The van der Waals surface area contributed by atoms with Crippen LogP contribution in [0, 0.1) is 0 Å². The average molecular weight is 390 g/mol. The molecule has 0 bridgehead atoms. The molecule has 1 saturated heterocycles. The number of piperazine rings is 1. The highest BCUT2D eigenvalue weighted by molar-refractivity contribution is 7.89. The lowest BCUT2D eigenvalue weighted by Crippen LogP contribution is -2.47. The molecule has 0 amide bonds. The molecule has 27 heavy (non-hydrogen) atoms. The third-order valence-corrected chi connectivity index (χ3v) is 6.25. The molecule has 146 valence electrons. The molecule has 2 aromatic carbocycles. The topological polar surface area (TPSA) is 61.9 Å². The van der Waals surface area contributed by atoms with Gasteiger partial charge in [-0.25, -0.2) is 13.1 Å². The Morgan fingerprint density at radius 1 is 1.00 bits per heavy atom. The smallest absolute Gasteiger partial charge is 0.240 e. The van der Waals surface area contributed by atoms with Crippen molar-refractivity contribution in [1.82, 2.24) is 9.62 Å². The fraction of sp³-hybridized carbons (Fsp3) is 0.400. The highest BCUT2D eigenvalue weighted by Gasteiger charge is 2.17. The van der Waals surface area contributed by atoms with Crippen LogP contribution in [0.2, 0.25) is 0 Å². The predicted molar refractivity (Wildman–Crippen MR) is 108 cm³/mol. The number of benzene rings is 2. The molecule has 0 aliphatic carbocycles. The summed E-state index contributed by atoms with van der Waals surface area (Å²) in [5.74, 6) is 0.536. The second-order valence-electron chi connectivity index (χ2n) is 6.59. The maximum absolute atomic E-state index is 12.4. The maximum Gasteiger partial charge on any atom is 0.240 e. The summed E-state index contributed by atoms with van der Waals surface area (Å²) in [6.07, 6.45) is 0.786. The first-order valence-corrected chi connectivity index (χ1v) is 10.7. The molecule has 2 aromatic rings. The fourth-order valence-corrected chi connectivity index (χ4v) is 4.34. The molecule has 1 aliphatic heterocycles. The summed E-state index contributed by atoms with van der Waals surface area (Å²) in [6, 6.07) is 17.0. The molecule has 0 spiro atoms. The van der Waals surface area contributed by atoms with Crippen LogP contribution in [0.15, 0.2) is 59.5 Å². The largest absolute Gasteiger partial charge is 0.497 e. The van der Waals surface area contributed by atoms with E-state index < -0.39 is 10.0 Å². The average Bonchev–Trinajstić information content (AvgIpc) is 2.72. The third-order valence-electron chi connectivity index (χ3n) is 4.79. The lowest BCUT2D eigenvalue weighted by Gasteiger charge is -2.36. The van der Waals surface area contributed by atoms with Crippen LogP contribution < -0.4 is 14.4 Å². The lowest BCUT2D eigenvalue weighted by atomic mass is 10.2. The van der Waals surface area contributed by atoms with Crippen molar-refractivity contribution in [1.29, 1.82) is 0 Å². The van der Waals surface area contributed by atoms with E-state index in [1.807, 2.05) is 6.07 Å². The van der Waals surface area contributed by atoms with Crippen LogP contribution in [0.5, 0.6) is 5.75 Å². The molecule has 1 fully saturated rings. The molecular weight excluding hydrogens is 362 g/mol. The Balaban J connectivity index is 1.40. The molecule has 1 aliphatic rings. The van der Waals surface area contributed by atoms with E-state index in [0.717, 1.165) is 39.1 Å². The normalized spacial score (nSPS) is 15.7. The van der Waals surface area contributed by atoms with E-state index in [1.165, 1.54) is 18.9 Å². The zero-order chi connectivity index (χ0) is 19.1. The number of rotatable bonds is 8. The summed E-state index contributed by atoms with van der Waals surface area (Å²) in [5.41, 5.74) is 1.27. The van der Waals surface area contributed by atoms with Crippen molar-refractivity contribution in [2.45, 2.75) is 11.3 Å². The fourth-order valence-electron chi connectivity index (χ4n) is 3.23. The molecule has 3 rings (SSSR count). The summed E-state index contributed by atoms with van der Waals surface area (Å²) in [4.78, 5) is 5.01. The van der Waals surface area contributed by atoms with Crippen molar-refractivity contribution in [3.63, 3.8) is 0 Å². The van der Waals surface area contributed by atoms with Crippen LogP contribution in [0.4, 0.5) is 5.69 Å². The summed E-state index contributed by atoms with van der Waals surface area (Å²) in [5, 5.41) is 0. The summed E-state index contributed by atoms with van der Waals surface area (Å²) < 4.78 is 32.5. The highest BCUT2D eigenvalue weighted by Crippen LogP contribution is 2.17. The standard InChI is InChI=1S/C20H27N3O3S/c1-26-19-9-5-10-20(17-19)27(24,25)21-11-6-12-22-13-15-23(16-14-22)18-7-3-2-4-8-18/h2-5,7-10,17,21H,6,11-16H2,1H3.